The predicted octanol–water partition coefficient (Wildman–Crippen LogP) is 4.11. The molecule has 1 heterocycles. The second-order valence-electron chi connectivity index (χ2n) is 7.40. The van der Waals surface area contributed by atoms with Crippen molar-refractivity contribution in [2.24, 2.45) is 0 Å². The van der Waals surface area contributed by atoms with Crippen molar-refractivity contribution in [2.45, 2.75) is 63.3 Å². The van der Waals surface area contributed by atoms with Crippen LogP contribution in [-0.2, 0) is 14.8 Å². The zero-order valence-electron chi connectivity index (χ0n) is 16.8. The van der Waals surface area contributed by atoms with Crippen molar-refractivity contribution >= 4 is 33.8 Å². The summed E-state index contributed by atoms with van der Waals surface area (Å²) in [6, 6.07) is 6.68. The summed E-state index contributed by atoms with van der Waals surface area (Å²) < 4.78 is 33.4. The minimum atomic E-state index is -3.53. The molecule has 29 heavy (non-hydrogen) atoms. The summed E-state index contributed by atoms with van der Waals surface area (Å²) in [6.07, 6.45) is 9.75. The topological polar surface area (TPSA) is 101 Å². The maximum absolute atomic E-state index is 12.7. The number of rotatable bonds is 6. The van der Waals surface area contributed by atoms with Gasteiger partial charge in [-0.25, -0.2) is 13.1 Å². The molecule has 7 nitrogen and oxygen atoms in total. The van der Waals surface area contributed by atoms with E-state index in [1.54, 1.807) is 43.3 Å². The number of anilines is 1. The number of nitrogens with one attached hydrogen (secondary N) is 2. The monoisotopic (exact) mass is 417 g/mol. The number of aromatic nitrogens is 1. The summed E-state index contributed by atoms with van der Waals surface area (Å²) >= 11 is 0. The molecule has 0 bridgehead atoms. The van der Waals surface area contributed by atoms with Crippen LogP contribution in [0.1, 0.15) is 62.5 Å². The Labute approximate surface area is 171 Å². The number of carbonyl (C=O) groups is 1. The smallest absolute Gasteiger partial charge is 0.240 e. The van der Waals surface area contributed by atoms with E-state index in [0.29, 0.717) is 17.1 Å². The van der Waals surface area contributed by atoms with Gasteiger partial charge in [-0.2, -0.15) is 0 Å². The Hall–Kier alpha value is -2.45. The molecule has 1 saturated carbocycles. The van der Waals surface area contributed by atoms with E-state index in [9.17, 15) is 13.2 Å². The van der Waals surface area contributed by atoms with Gasteiger partial charge in [-0.15, -0.1) is 0 Å². The first-order valence-electron chi connectivity index (χ1n) is 9.89. The van der Waals surface area contributed by atoms with Gasteiger partial charge < -0.3 is 9.84 Å². The molecular weight excluding hydrogens is 390 g/mol. The number of amides is 1. The lowest BCUT2D eigenvalue weighted by Gasteiger charge is -2.16. The van der Waals surface area contributed by atoms with Gasteiger partial charge in [0.2, 0.25) is 15.9 Å². The Morgan fingerprint density at radius 2 is 1.76 bits per heavy atom. The average Bonchev–Trinajstić information content (AvgIpc) is 2.86. The molecular formula is C21H27N3O4S. The molecule has 0 radical (unpaired) electrons. The lowest BCUT2D eigenvalue weighted by Crippen LogP contribution is -2.34. The number of aryl methyl sites for hydroxylation is 1. The normalized spacial score (nSPS) is 16.1. The van der Waals surface area contributed by atoms with E-state index in [1.165, 1.54) is 19.8 Å². The van der Waals surface area contributed by atoms with Crippen molar-refractivity contribution in [1.82, 2.24) is 9.88 Å². The van der Waals surface area contributed by atoms with Crippen LogP contribution in [0.25, 0.3) is 12.2 Å². The van der Waals surface area contributed by atoms with E-state index in [-0.39, 0.29) is 16.8 Å². The number of sulfonamides is 1. The summed E-state index contributed by atoms with van der Waals surface area (Å²) in [5.41, 5.74) is 1.92. The van der Waals surface area contributed by atoms with Gasteiger partial charge in [0.15, 0.2) is 5.76 Å². The first-order chi connectivity index (χ1) is 13.8. The standard InChI is InChI=1S/C21H27N3O4S/c1-15-21(22-16(2)25)20(28-23-15)14-11-17-9-12-19(13-10-17)29(26,27)24-18-7-5-3-4-6-8-18/h9-14,18,24H,3-8H2,1-2H3,(H,22,25)/b14-11-. The molecule has 1 aromatic heterocycles. The molecule has 156 valence electrons. The number of carbonyl (C=O) groups excluding carboxylic acids is 1. The van der Waals surface area contributed by atoms with Crippen LogP contribution >= 0.6 is 0 Å². The van der Waals surface area contributed by atoms with Gasteiger partial charge in [-0.05, 0) is 43.5 Å². The lowest BCUT2D eigenvalue weighted by molar-refractivity contribution is -0.114. The van der Waals surface area contributed by atoms with E-state index in [0.717, 1.165) is 31.2 Å². The van der Waals surface area contributed by atoms with Crippen LogP contribution < -0.4 is 10.0 Å². The van der Waals surface area contributed by atoms with Crippen LogP contribution in [0.5, 0.6) is 0 Å². The lowest BCUT2D eigenvalue weighted by atomic mass is 10.1. The number of hydrogen-bond acceptors (Lipinski definition) is 5. The Bertz CT molecular complexity index is 970. The summed E-state index contributed by atoms with van der Waals surface area (Å²) in [5, 5.41) is 6.56. The quantitative estimate of drug-likeness (QED) is 0.689. The van der Waals surface area contributed by atoms with Gasteiger partial charge in [0.25, 0.3) is 0 Å². The van der Waals surface area contributed by atoms with E-state index < -0.39 is 10.0 Å². The molecule has 8 heteroatoms. The third-order valence-corrected chi connectivity index (χ3v) is 6.52. The van der Waals surface area contributed by atoms with Gasteiger partial charge in [-0.1, -0.05) is 49.0 Å². The average molecular weight is 418 g/mol. The molecule has 2 N–H and O–H groups in total. The van der Waals surface area contributed by atoms with Gasteiger partial charge in [0, 0.05) is 13.0 Å². The second-order valence-corrected chi connectivity index (χ2v) is 9.11. The van der Waals surface area contributed by atoms with Crippen molar-refractivity contribution in [3.63, 3.8) is 0 Å². The first kappa shape index (κ1) is 21.3. The fourth-order valence-corrected chi connectivity index (χ4v) is 4.75. The number of nitrogens with zero attached hydrogens (tertiary/aromatic N) is 1. The summed E-state index contributed by atoms with van der Waals surface area (Å²) in [4.78, 5) is 11.6. The molecule has 0 spiro atoms. The third-order valence-electron chi connectivity index (χ3n) is 4.98. The molecule has 0 aliphatic heterocycles. The minimum absolute atomic E-state index is 0.0176. The van der Waals surface area contributed by atoms with Crippen molar-refractivity contribution < 1.29 is 17.7 Å². The third kappa shape index (κ3) is 5.77. The molecule has 1 amide bonds. The second kappa shape index (κ2) is 9.37. The summed E-state index contributed by atoms with van der Waals surface area (Å²) in [5.74, 6) is 0.228. The Balaban J connectivity index is 1.70. The van der Waals surface area contributed by atoms with Crippen molar-refractivity contribution in [1.29, 1.82) is 0 Å². The largest absolute Gasteiger partial charge is 0.354 e. The zero-order valence-corrected chi connectivity index (χ0v) is 17.6. The minimum Gasteiger partial charge on any atom is -0.354 e. The highest BCUT2D eigenvalue weighted by molar-refractivity contribution is 7.89. The Morgan fingerprint density at radius 3 is 2.38 bits per heavy atom. The fourth-order valence-electron chi connectivity index (χ4n) is 3.44. The van der Waals surface area contributed by atoms with Gasteiger partial charge in [-0.3, -0.25) is 4.79 Å². The molecule has 1 aliphatic carbocycles. The highest BCUT2D eigenvalue weighted by Gasteiger charge is 2.21. The molecule has 0 saturated heterocycles. The van der Waals surface area contributed by atoms with E-state index in [2.05, 4.69) is 15.2 Å². The van der Waals surface area contributed by atoms with Crippen LogP contribution in [0, 0.1) is 6.92 Å². The molecule has 0 unspecified atom stereocenters. The molecule has 1 aliphatic rings. The van der Waals surface area contributed by atoms with Crippen LogP contribution in [-0.4, -0.2) is 25.5 Å². The molecule has 3 rings (SSSR count). The molecule has 2 aromatic rings. The van der Waals surface area contributed by atoms with Crippen molar-refractivity contribution in [3.05, 3.63) is 41.3 Å². The van der Waals surface area contributed by atoms with Gasteiger partial charge in [0.1, 0.15) is 11.4 Å². The van der Waals surface area contributed by atoms with Crippen LogP contribution in [0.15, 0.2) is 33.7 Å². The Kier molecular flexibility index (Phi) is 6.87. The zero-order chi connectivity index (χ0) is 20.9. The first-order valence-corrected chi connectivity index (χ1v) is 11.4. The maximum atomic E-state index is 12.7. The van der Waals surface area contributed by atoms with Crippen LogP contribution in [0.4, 0.5) is 5.69 Å². The predicted molar refractivity (Wildman–Crippen MR) is 113 cm³/mol. The fraction of sp³-hybridized carbons (Fsp3) is 0.429. The maximum Gasteiger partial charge on any atom is 0.240 e. The Morgan fingerprint density at radius 1 is 1.10 bits per heavy atom. The van der Waals surface area contributed by atoms with Crippen LogP contribution in [0.3, 0.4) is 0 Å². The molecule has 1 fully saturated rings. The molecule has 0 atom stereocenters. The summed E-state index contributed by atoms with van der Waals surface area (Å²) in [6.45, 7) is 3.16. The van der Waals surface area contributed by atoms with E-state index >= 15 is 0 Å². The van der Waals surface area contributed by atoms with Crippen molar-refractivity contribution in [2.75, 3.05) is 5.32 Å². The SMILES string of the molecule is CC(=O)Nc1c(C)noc1/C=C\c1ccc(S(=O)(=O)NC2CCCCCC2)cc1. The highest BCUT2D eigenvalue weighted by Crippen LogP contribution is 2.23. The van der Waals surface area contributed by atoms with Crippen molar-refractivity contribution in [3.8, 4) is 0 Å². The van der Waals surface area contributed by atoms with E-state index in [4.69, 9.17) is 4.52 Å². The molecule has 1 aromatic carbocycles. The van der Waals surface area contributed by atoms with E-state index in [1.807, 2.05) is 0 Å². The van der Waals surface area contributed by atoms with Gasteiger partial charge in [0.05, 0.1) is 4.90 Å². The highest BCUT2D eigenvalue weighted by atomic mass is 32.2. The van der Waals surface area contributed by atoms with Gasteiger partial charge >= 0.3 is 0 Å². The number of hydrogen-bond donors (Lipinski definition) is 2. The number of benzene rings is 1. The summed E-state index contributed by atoms with van der Waals surface area (Å²) in [7, 11) is -3.53. The van der Waals surface area contributed by atoms with Crippen LogP contribution in [0.2, 0.25) is 0 Å².